The third-order valence-corrected chi connectivity index (χ3v) is 9.16. The summed E-state index contributed by atoms with van der Waals surface area (Å²) in [5, 5.41) is -4.11. The maximum Gasteiger partial charge on any atom is 0.460 e. The zero-order valence-corrected chi connectivity index (χ0v) is 29.1. The summed E-state index contributed by atoms with van der Waals surface area (Å²) in [7, 11) is -6.98. The van der Waals surface area contributed by atoms with Crippen molar-refractivity contribution in [1.82, 2.24) is 5.32 Å². The Labute approximate surface area is 280 Å². The molecule has 1 N–H and O–H groups in total. The highest BCUT2D eigenvalue weighted by Crippen LogP contribution is 2.50. The molecule has 11 nitrogen and oxygen atoms in total. The number of fused-ring (bicyclic) bond motifs is 1. The normalized spacial score (nSPS) is 27.8. The van der Waals surface area contributed by atoms with Crippen molar-refractivity contribution in [3.05, 3.63) is 0 Å². The average Bonchev–Trinajstić information content (AvgIpc) is 3.53. The van der Waals surface area contributed by atoms with Crippen LogP contribution in [0.15, 0.2) is 0 Å². The molecule has 3 fully saturated rings. The van der Waals surface area contributed by atoms with Crippen LogP contribution in [-0.4, -0.2) is 93.2 Å². The van der Waals surface area contributed by atoms with Crippen LogP contribution in [0.2, 0.25) is 0 Å². The molecule has 0 radical (unpaired) electrons. The number of alkyl halides is 8. The molecule has 3 saturated heterocycles. The molecule has 20 heteroatoms. The number of carbonyl (C=O) groups excluding carboxylic acids is 1. The Morgan fingerprint density at radius 1 is 0.816 bits per heavy atom. The van der Waals surface area contributed by atoms with Crippen LogP contribution in [0.4, 0.5) is 35.1 Å². The Balaban J connectivity index is 1.62. The van der Waals surface area contributed by atoms with E-state index in [-0.39, 0.29) is 24.9 Å². The van der Waals surface area contributed by atoms with Gasteiger partial charge in [0.2, 0.25) is 5.91 Å². The lowest BCUT2D eigenvalue weighted by molar-refractivity contribution is -0.456. The molecule has 3 aliphatic heterocycles. The molecular weight excluding hydrogens is 706 g/mol. The van der Waals surface area contributed by atoms with E-state index in [1.165, 1.54) is 27.7 Å². The van der Waals surface area contributed by atoms with E-state index in [4.69, 9.17) is 23.7 Å². The average molecular weight is 752 g/mol. The zero-order chi connectivity index (χ0) is 37.5. The first kappa shape index (κ1) is 42.0. The van der Waals surface area contributed by atoms with Crippen molar-refractivity contribution in [2.24, 2.45) is 5.41 Å². The molecule has 5 atom stereocenters. The number of unbranched alkanes of at least 4 members (excludes halogenated alkanes) is 2. The lowest BCUT2D eigenvalue weighted by atomic mass is 9.90. The highest BCUT2D eigenvalue weighted by molar-refractivity contribution is 7.87. The molecule has 0 saturated carbocycles. The minimum atomic E-state index is -6.98. The first-order valence-corrected chi connectivity index (χ1v) is 17.2. The number of nitrogens with one attached hydrogen (secondary N) is 1. The summed E-state index contributed by atoms with van der Waals surface area (Å²) in [4.78, 5) is 11.9. The molecule has 3 heterocycles. The van der Waals surface area contributed by atoms with E-state index in [1.54, 1.807) is 0 Å². The second kappa shape index (κ2) is 14.5. The largest absolute Gasteiger partial charge is 0.460 e. The molecule has 3 aliphatic rings. The van der Waals surface area contributed by atoms with Crippen molar-refractivity contribution in [2.75, 3.05) is 13.2 Å². The van der Waals surface area contributed by atoms with Gasteiger partial charge in [-0.2, -0.15) is 43.5 Å². The predicted molar refractivity (Wildman–Crippen MR) is 153 cm³/mol. The van der Waals surface area contributed by atoms with Crippen LogP contribution in [0.5, 0.6) is 0 Å². The van der Waals surface area contributed by atoms with Gasteiger partial charge in [-0.05, 0) is 58.8 Å². The van der Waals surface area contributed by atoms with E-state index in [0.29, 0.717) is 13.0 Å². The number of carbonyl (C=O) groups is 1. The summed E-state index contributed by atoms with van der Waals surface area (Å²) in [6.07, 6.45) is -22.3. The Kier molecular flexibility index (Phi) is 12.5. The number of ether oxygens (including phenoxy) is 6. The van der Waals surface area contributed by atoms with E-state index >= 15 is 0 Å². The van der Waals surface area contributed by atoms with Gasteiger partial charge in [-0.15, -0.1) is 0 Å². The molecule has 1 amide bonds. The standard InChI is InChI=1S/C29H45F8NO10S/c1-23(2,3)13-10-11-15-38-18(39)12-8-9-14-26(30,31)27(32,33)48-28(34,35)29(36,37)49(40,41)47-20-19(17-16-42-24(4,5)44-17)43-22-21(20)45-25(6,7)46-22/h17,19-22H,8-16H2,1-7H3,(H,38,39)/t17?,19-,20?,21+,22-/m1/s1. The molecule has 49 heavy (non-hydrogen) atoms. The van der Waals surface area contributed by atoms with Gasteiger partial charge in [-0.3, -0.25) is 8.98 Å². The SMILES string of the molecule is CC(C)(C)CCCCNC(=O)CCCCC(F)(F)C(F)(F)OC(F)(F)C(F)(F)S(=O)(=O)OC1[C@@H](C2COC(C)(C)O2)O[C@@H]2OC(C)(C)O[C@@H]12. The van der Waals surface area contributed by atoms with Gasteiger partial charge >= 0.3 is 33.5 Å². The van der Waals surface area contributed by atoms with E-state index < -0.39 is 94.5 Å². The minimum Gasteiger partial charge on any atom is -0.356 e. The fourth-order valence-corrected chi connectivity index (χ4v) is 6.28. The molecule has 2 unspecified atom stereocenters. The first-order chi connectivity index (χ1) is 22.0. The van der Waals surface area contributed by atoms with Gasteiger partial charge in [0.25, 0.3) is 0 Å². The summed E-state index contributed by atoms with van der Waals surface area (Å²) < 4.78 is 176. The van der Waals surface area contributed by atoms with Crippen molar-refractivity contribution >= 4 is 16.0 Å². The predicted octanol–water partition coefficient (Wildman–Crippen LogP) is 6.05. The molecular formula is C29H45F8NO10S. The van der Waals surface area contributed by atoms with Crippen LogP contribution in [0.25, 0.3) is 0 Å². The molecule has 0 aromatic heterocycles. The zero-order valence-electron chi connectivity index (χ0n) is 28.3. The van der Waals surface area contributed by atoms with Gasteiger partial charge in [-0.1, -0.05) is 27.2 Å². The lowest BCUT2D eigenvalue weighted by Crippen LogP contribution is -2.57. The fraction of sp³-hybridized carbons (Fsp3) is 0.966. The number of amides is 1. The van der Waals surface area contributed by atoms with Gasteiger partial charge in [0.1, 0.15) is 24.4 Å². The van der Waals surface area contributed by atoms with Crippen LogP contribution < -0.4 is 5.32 Å². The molecule has 0 aromatic carbocycles. The highest BCUT2D eigenvalue weighted by Gasteiger charge is 2.75. The Hall–Kier alpha value is -1.42. The number of hydrogen-bond donors (Lipinski definition) is 1. The van der Waals surface area contributed by atoms with Crippen molar-refractivity contribution < 1.29 is 80.9 Å². The smallest absolute Gasteiger partial charge is 0.356 e. The van der Waals surface area contributed by atoms with E-state index in [1.807, 2.05) is 20.8 Å². The summed E-state index contributed by atoms with van der Waals surface area (Å²) in [5.41, 5.74) is 0.0953. The molecule has 0 aliphatic carbocycles. The third kappa shape index (κ3) is 10.3. The molecule has 0 bridgehead atoms. The van der Waals surface area contributed by atoms with Crippen molar-refractivity contribution in [3.8, 4) is 0 Å². The molecule has 0 aromatic rings. The van der Waals surface area contributed by atoms with Gasteiger partial charge in [0.15, 0.2) is 17.9 Å². The summed E-state index contributed by atoms with van der Waals surface area (Å²) in [6, 6.07) is 0. The Morgan fingerprint density at radius 3 is 2.00 bits per heavy atom. The van der Waals surface area contributed by atoms with Crippen LogP contribution >= 0.6 is 0 Å². The summed E-state index contributed by atoms with van der Waals surface area (Å²) in [5.74, 6) is -8.80. The number of rotatable bonds is 17. The molecule has 288 valence electrons. The fourth-order valence-electron chi connectivity index (χ4n) is 5.31. The van der Waals surface area contributed by atoms with Gasteiger partial charge in [0.05, 0.1) is 6.61 Å². The number of hydrogen-bond acceptors (Lipinski definition) is 10. The Bertz CT molecular complexity index is 1260. The van der Waals surface area contributed by atoms with Crippen LogP contribution in [0, 0.1) is 5.41 Å². The van der Waals surface area contributed by atoms with Crippen molar-refractivity contribution in [3.63, 3.8) is 0 Å². The molecule has 0 spiro atoms. The second-order valence-electron chi connectivity index (χ2n) is 14.4. The van der Waals surface area contributed by atoms with Crippen molar-refractivity contribution in [2.45, 2.75) is 159 Å². The highest BCUT2D eigenvalue weighted by atomic mass is 32.2. The van der Waals surface area contributed by atoms with E-state index in [9.17, 15) is 48.3 Å². The first-order valence-electron chi connectivity index (χ1n) is 15.8. The molecule has 3 rings (SSSR count). The van der Waals surface area contributed by atoms with E-state index in [0.717, 1.165) is 12.8 Å². The van der Waals surface area contributed by atoms with Crippen LogP contribution in [0.3, 0.4) is 0 Å². The minimum absolute atomic E-state index is 0.0953. The van der Waals surface area contributed by atoms with Gasteiger partial charge in [-0.25, -0.2) is 4.74 Å². The van der Waals surface area contributed by atoms with Gasteiger partial charge < -0.3 is 29.0 Å². The quantitative estimate of drug-likeness (QED) is 0.107. The monoisotopic (exact) mass is 751 g/mol. The van der Waals surface area contributed by atoms with Crippen molar-refractivity contribution in [1.29, 1.82) is 0 Å². The van der Waals surface area contributed by atoms with Gasteiger partial charge in [0, 0.05) is 19.4 Å². The summed E-state index contributed by atoms with van der Waals surface area (Å²) in [6.45, 7) is 11.7. The number of halogens is 8. The second-order valence-corrected chi connectivity index (χ2v) is 16.0. The Morgan fingerprint density at radius 2 is 1.43 bits per heavy atom. The maximum absolute atomic E-state index is 14.9. The topological polar surface area (TPSA) is 128 Å². The van der Waals surface area contributed by atoms with Crippen LogP contribution in [0.1, 0.15) is 93.4 Å². The lowest BCUT2D eigenvalue weighted by Gasteiger charge is -2.33. The summed E-state index contributed by atoms with van der Waals surface area (Å²) >= 11 is 0. The maximum atomic E-state index is 14.9. The third-order valence-electron chi connectivity index (χ3n) is 7.82. The van der Waals surface area contributed by atoms with E-state index in [2.05, 4.69) is 14.2 Å². The van der Waals surface area contributed by atoms with Crippen LogP contribution in [-0.2, 0) is 47.5 Å².